The van der Waals surface area contributed by atoms with Gasteiger partial charge in [-0.1, -0.05) is 12.1 Å². The van der Waals surface area contributed by atoms with Gasteiger partial charge in [0, 0.05) is 39.5 Å². The summed E-state index contributed by atoms with van der Waals surface area (Å²) in [6, 6.07) is 6.26. The first-order chi connectivity index (χ1) is 10.5. The SMILES string of the molecule is CCN(CC)C(=O)CCN(CCc1ccc(F)cc1)C(C)=O. The standard InChI is InChI=1S/C17H25FN2O2/c1-4-19(5-2)17(22)11-13-20(14(3)21)12-10-15-6-8-16(18)9-7-15/h6-9H,4-5,10-13H2,1-3H3. The Labute approximate surface area is 131 Å². The molecule has 1 rings (SSSR count). The van der Waals surface area contributed by atoms with E-state index in [4.69, 9.17) is 0 Å². The molecule has 5 heteroatoms. The van der Waals surface area contributed by atoms with Gasteiger partial charge >= 0.3 is 0 Å². The van der Waals surface area contributed by atoms with E-state index in [1.54, 1.807) is 21.9 Å². The van der Waals surface area contributed by atoms with Crippen molar-refractivity contribution in [2.75, 3.05) is 26.2 Å². The lowest BCUT2D eigenvalue weighted by Gasteiger charge is -2.23. The molecular formula is C17H25FN2O2. The summed E-state index contributed by atoms with van der Waals surface area (Å²) in [6.45, 7) is 7.72. The fraction of sp³-hybridized carbons (Fsp3) is 0.529. The van der Waals surface area contributed by atoms with Crippen LogP contribution in [-0.2, 0) is 16.0 Å². The van der Waals surface area contributed by atoms with Gasteiger partial charge in [0.05, 0.1) is 0 Å². The summed E-state index contributed by atoms with van der Waals surface area (Å²) in [5.41, 5.74) is 0.975. The van der Waals surface area contributed by atoms with Crippen molar-refractivity contribution in [2.45, 2.75) is 33.6 Å². The predicted octanol–water partition coefficient (Wildman–Crippen LogP) is 2.48. The van der Waals surface area contributed by atoms with Crippen LogP contribution in [-0.4, -0.2) is 47.8 Å². The minimum Gasteiger partial charge on any atom is -0.343 e. The second kappa shape index (κ2) is 9.18. The summed E-state index contributed by atoms with van der Waals surface area (Å²) < 4.78 is 12.9. The number of amides is 2. The lowest BCUT2D eigenvalue weighted by Crippen LogP contribution is -2.37. The topological polar surface area (TPSA) is 40.6 Å². The molecule has 0 aliphatic rings. The molecule has 0 saturated heterocycles. The van der Waals surface area contributed by atoms with Gasteiger partial charge in [-0.05, 0) is 38.0 Å². The van der Waals surface area contributed by atoms with Gasteiger partial charge in [0.15, 0.2) is 0 Å². The number of rotatable bonds is 8. The summed E-state index contributed by atoms with van der Waals surface area (Å²) in [5.74, 6) is -0.246. The van der Waals surface area contributed by atoms with Crippen LogP contribution in [0.2, 0.25) is 0 Å². The van der Waals surface area contributed by atoms with Crippen molar-refractivity contribution in [1.82, 2.24) is 9.80 Å². The summed E-state index contributed by atoms with van der Waals surface area (Å²) >= 11 is 0. The summed E-state index contributed by atoms with van der Waals surface area (Å²) in [4.78, 5) is 27.1. The van der Waals surface area contributed by atoms with Gasteiger partial charge in [0.1, 0.15) is 5.82 Å². The maximum Gasteiger partial charge on any atom is 0.224 e. The van der Waals surface area contributed by atoms with Crippen LogP contribution in [0.4, 0.5) is 4.39 Å². The molecular weight excluding hydrogens is 283 g/mol. The van der Waals surface area contributed by atoms with Crippen molar-refractivity contribution in [3.8, 4) is 0 Å². The van der Waals surface area contributed by atoms with E-state index in [-0.39, 0.29) is 17.6 Å². The van der Waals surface area contributed by atoms with Crippen LogP contribution in [0.5, 0.6) is 0 Å². The van der Waals surface area contributed by atoms with Gasteiger partial charge in [-0.25, -0.2) is 4.39 Å². The molecule has 0 aliphatic heterocycles. The molecule has 0 unspecified atom stereocenters. The van der Waals surface area contributed by atoms with E-state index in [2.05, 4.69) is 0 Å². The second-order valence-electron chi connectivity index (χ2n) is 5.20. The van der Waals surface area contributed by atoms with E-state index >= 15 is 0 Å². The fourth-order valence-electron chi connectivity index (χ4n) is 2.31. The highest BCUT2D eigenvalue weighted by Gasteiger charge is 2.14. The maximum atomic E-state index is 12.9. The lowest BCUT2D eigenvalue weighted by atomic mass is 10.1. The monoisotopic (exact) mass is 308 g/mol. The molecule has 0 fully saturated rings. The first-order valence-electron chi connectivity index (χ1n) is 7.75. The van der Waals surface area contributed by atoms with Crippen LogP contribution in [0.1, 0.15) is 32.8 Å². The third-order valence-corrected chi connectivity index (χ3v) is 3.74. The molecule has 0 radical (unpaired) electrons. The molecule has 22 heavy (non-hydrogen) atoms. The van der Waals surface area contributed by atoms with Gasteiger partial charge in [0.2, 0.25) is 11.8 Å². The smallest absolute Gasteiger partial charge is 0.224 e. The maximum absolute atomic E-state index is 12.9. The van der Waals surface area contributed by atoms with Crippen LogP contribution in [0, 0.1) is 5.82 Å². The second-order valence-corrected chi connectivity index (χ2v) is 5.20. The fourth-order valence-corrected chi connectivity index (χ4v) is 2.31. The normalized spacial score (nSPS) is 10.4. The molecule has 0 N–H and O–H groups in total. The van der Waals surface area contributed by atoms with E-state index in [0.29, 0.717) is 39.0 Å². The Kier molecular flexibility index (Phi) is 7.57. The zero-order chi connectivity index (χ0) is 16.5. The largest absolute Gasteiger partial charge is 0.343 e. The quantitative estimate of drug-likeness (QED) is 0.740. The van der Waals surface area contributed by atoms with E-state index in [1.165, 1.54) is 19.1 Å². The Morgan fingerprint density at radius 3 is 2.09 bits per heavy atom. The number of nitrogens with zero attached hydrogens (tertiary/aromatic N) is 2. The molecule has 0 aliphatic carbocycles. The molecule has 4 nitrogen and oxygen atoms in total. The molecule has 122 valence electrons. The Morgan fingerprint density at radius 1 is 1.00 bits per heavy atom. The van der Waals surface area contributed by atoms with Crippen molar-refractivity contribution in [3.63, 3.8) is 0 Å². The van der Waals surface area contributed by atoms with E-state index in [0.717, 1.165) is 5.56 Å². The number of benzene rings is 1. The van der Waals surface area contributed by atoms with Crippen molar-refractivity contribution in [2.24, 2.45) is 0 Å². The summed E-state index contributed by atoms with van der Waals surface area (Å²) in [5, 5.41) is 0. The zero-order valence-electron chi connectivity index (χ0n) is 13.6. The minimum absolute atomic E-state index is 0.0468. The van der Waals surface area contributed by atoms with Crippen LogP contribution < -0.4 is 0 Å². The molecule has 0 bridgehead atoms. The molecule has 0 saturated carbocycles. The average molecular weight is 308 g/mol. The number of carbonyl (C=O) groups is 2. The van der Waals surface area contributed by atoms with Crippen LogP contribution in [0.3, 0.4) is 0 Å². The van der Waals surface area contributed by atoms with Crippen molar-refractivity contribution in [3.05, 3.63) is 35.6 Å². The van der Waals surface area contributed by atoms with Gasteiger partial charge in [-0.2, -0.15) is 0 Å². The minimum atomic E-state index is -0.267. The van der Waals surface area contributed by atoms with Crippen LogP contribution >= 0.6 is 0 Å². The third kappa shape index (κ3) is 5.84. The first kappa shape index (κ1) is 18.1. The van der Waals surface area contributed by atoms with Crippen molar-refractivity contribution in [1.29, 1.82) is 0 Å². The Balaban J connectivity index is 2.50. The molecule has 0 heterocycles. The van der Waals surface area contributed by atoms with Crippen LogP contribution in [0.25, 0.3) is 0 Å². The van der Waals surface area contributed by atoms with Crippen molar-refractivity contribution < 1.29 is 14.0 Å². The number of hydrogen-bond acceptors (Lipinski definition) is 2. The highest BCUT2D eigenvalue weighted by atomic mass is 19.1. The van der Waals surface area contributed by atoms with Crippen LogP contribution in [0.15, 0.2) is 24.3 Å². The predicted molar refractivity (Wildman–Crippen MR) is 84.9 cm³/mol. The van der Waals surface area contributed by atoms with Gasteiger partial charge in [-0.15, -0.1) is 0 Å². The summed E-state index contributed by atoms with van der Waals surface area (Å²) in [6.07, 6.45) is 0.990. The van der Waals surface area contributed by atoms with E-state index in [1.807, 2.05) is 13.8 Å². The molecule has 0 spiro atoms. The third-order valence-electron chi connectivity index (χ3n) is 3.74. The van der Waals surface area contributed by atoms with Crippen molar-refractivity contribution >= 4 is 11.8 Å². The number of hydrogen-bond donors (Lipinski definition) is 0. The molecule has 1 aromatic rings. The average Bonchev–Trinajstić information content (AvgIpc) is 2.49. The molecule has 0 atom stereocenters. The van der Waals surface area contributed by atoms with E-state index in [9.17, 15) is 14.0 Å². The van der Waals surface area contributed by atoms with Gasteiger partial charge in [0.25, 0.3) is 0 Å². The number of halogens is 1. The highest BCUT2D eigenvalue weighted by molar-refractivity contribution is 5.78. The Morgan fingerprint density at radius 2 is 1.59 bits per heavy atom. The van der Waals surface area contributed by atoms with E-state index < -0.39 is 0 Å². The number of carbonyl (C=O) groups excluding carboxylic acids is 2. The molecule has 0 aromatic heterocycles. The highest BCUT2D eigenvalue weighted by Crippen LogP contribution is 2.06. The first-order valence-corrected chi connectivity index (χ1v) is 7.75. The zero-order valence-corrected chi connectivity index (χ0v) is 13.6. The lowest BCUT2D eigenvalue weighted by molar-refractivity contribution is -0.133. The van der Waals surface area contributed by atoms with Gasteiger partial charge in [-0.3, -0.25) is 9.59 Å². The molecule has 1 aromatic carbocycles. The summed E-state index contributed by atoms with van der Waals surface area (Å²) in [7, 11) is 0. The molecule has 2 amide bonds. The van der Waals surface area contributed by atoms with Gasteiger partial charge < -0.3 is 9.80 Å². The Bertz CT molecular complexity index is 484. The Hall–Kier alpha value is -1.91.